The topological polar surface area (TPSA) is 76.8 Å². The van der Waals surface area contributed by atoms with Gasteiger partial charge in [-0.25, -0.2) is 4.98 Å². The van der Waals surface area contributed by atoms with Crippen LogP contribution in [0.4, 0.5) is 10.8 Å². The van der Waals surface area contributed by atoms with E-state index in [1.807, 2.05) is 50.4 Å². The van der Waals surface area contributed by atoms with Crippen molar-refractivity contribution < 1.29 is 4.79 Å². The number of hydrogen-bond acceptors (Lipinski definition) is 7. The Kier molecular flexibility index (Phi) is 6.38. The average Bonchev–Trinajstić information content (AvgIpc) is 3.38. The minimum atomic E-state index is -0.0582. The normalized spacial score (nSPS) is 11.0. The summed E-state index contributed by atoms with van der Waals surface area (Å²) in [6.07, 6.45) is 0. The number of amides is 1. The van der Waals surface area contributed by atoms with Crippen molar-refractivity contribution >= 4 is 39.8 Å². The first kappa shape index (κ1) is 22.2. The van der Waals surface area contributed by atoms with E-state index in [0.29, 0.717) is 16.0 Å². The lowest BCUT2D eigenvalue weighted by atomic mass is 10.0. The summed E-state index contributed by atoms with van der Waals surface area (Å²) < 4.78 is 1.74. The number of nitrogens with zero attached hydrogens (tertiary/aromatic N) is 6. The van der Waals surface area contributed by atoms with Crippen LogP contribution in [0.25, 0.3) is 5.69 Å². The van der Waals surface area contributed by atoms with E-state index in [0.717, 1.165) is 33.8 Å². The maximum Gasteiger partial charge on any atom is 0.230 e. The van der Waals surface area contributed by atoms with Crippen molar-refractivity contribution in [1.29, 1.82) is 0 Å². The Morgan fingerprint density at radius 2 is 1.81 bits per heavy atom. The fourth-order valence-corrected chi connectivity index (χ4v) is 5.49. The maximum absolute atomic E-state index is 12.6. The highest BCUT2D eigenvalue weighted by Crippen LogP contribution is 2.35. The molecule has 0 spiro atoms. The summed E-state index contributed by atoms with van der Waals surface area (Å²) in [6.45, 7) is 9.72. The minimum absolute atomic E-state index is 0.0582. The first-order valence-electron chi connectivity index (χ1n) is 10.1. The van der Waals surface area contributed by atoms with E-state index in [2.05, 4.69) is 34.6 Å². The summed E-state index contributed by atoms with van der Waals surface area (Å²) >= 11 is 2.98. The molecule has 7 nitrogen and oxygen atoms in total. The number of benzene rings is 2. The molecule has 2 aromatic heterocycles. The van der Waals surface area contributed by atoms with Crippen molar-refractivity contribution in [3.05, 3.63) is 69.7 Å². The van der Waals surface area contributed by atoms with Crippen molar-refractivity contribution in [2.45, 2.75) is 45.5 Å². The molecule has 32 heavy (non-hydrogen) atoms. The molecule has 0 aliphatic heterocycles. The number of carbonyl (C=O) groups excluding carboxylic acids is 1. The van der Waals surface area contributed by atoms with Crippen molar-refractivity contribution in [3.63, 3.8) is 0 Å². The number of thioether (sulfide) groups is 1. The molecule has 0 fully saturated rings. The number of aromatic nitrogens is 5. The summed E-state index contributed by atoms with van der Waals surface area (Å²) in [5.74, 6) is 0.539. The van der Waals surface area contributed by atoms with E-state index in [-0.39, 0.29) is 5.91 Å². The third-order valence-electron chi connectivity index (χ3n) is 5.04. The molecular weight excluding hydrogens is 440 g/mol. The summed E-state index contributed by atoms with van der Waals surface area (Å²) in [6, 6.07) is 12.2. The average molecular weight is 465 g/mol. The standard InChI is InChI=1S/C23H24N6OS2/c1-14-10-16(3)21(17(4)11-14)28(18(5)30)22-24-19(12-31-22)13-32-23-25-26-27-29(23)20-9-7-6-8-15(20)2/h6-12H,13H2,1-5H3. The van der Waals surface area contributed by atoms with Crippen molar-refractivity contribution in [3.8, 4) is 5.69 Å². The van der Waals surface area contributed by atoms with E-state index < -0.39 is 0 Å². The molecule has 2 aromatic carbocycles. The minimum Gasteiger partial charge on any atom is -0.274 e. The van der Waals surface area contributed by atoms with Crippen LogP contribution in [-0.2, 0) is 10.5 Å². The van der Waals surface area contributed by atoms with Crippen LogP contribution in [0.2, 0.25) is 0 Å². The third kappa shape index (κ3) is 4.44. The van der Waals surface area contributed by atoms with Gasteiger partial charge >= 0.3 is 0 Å². The third-order valence-corrected chi connectivity index (χ3v) is 6.87. The number of rotatable bonds is 6. The van der Waals surface area contributed by atoms with Crippen LogP contribution in [0.1, 0.15) is 34.9 Å². The van der Waals surface area contributed by atoms with Gasteiger partial charge in [-0.05, 0) is 60.9 Å². The number of anilines is 2. The molecule has 0 bridgehead atoms. The highest BCUT2D eigenvalue weighted by Gasteiger charge is 2.22. The van der Waals surface area contributed by atoms with Gasteiger partial charge in [0.2, 0.25) is 11.1 Å². The van der Waals surface area contributed by atoms with Crippen LogP contribution < -0.4 is 4.90 Å². The fraction of sp³-hybridized carbons (Fsp3) is 0.261. The van der Waals surface area contributed by atoms with E-state index in [1.165, 1.54) is 28.7 Å². The number of para-hydroxylation sites is 1. The molecule has 4 aromatic rings. The monoisotopic (exact) mass is 464 g/mol. The first-order valence-corrected chi connectivity index (χ1v) is 12.0. The molecule has 0 aliphatic rings. The summed E-state index contributed by atoms with van der Waals surface area (Å²) in [7, 11) is 0. The quantitative estimate of drug-likeness (QED) is 0.359. The summed E-state index contributed by atoms with van der Waals surface area (Å²) in [5, 5.41) is 15.5. The maximum atomic E-state index is 12.6. The largest absolute Gasteiger partial charge is 0.274 e. The second-order valence-corrected chi connectivity index (χ2v) is 9.45. The summed E-state index contributed by atoms with van der Waals surface area (Å²) in [4.78, 5) is 19.0. The van der Waals surface area contributed by atoms with Gasteiger partial charge in [-0.3, -0.25) is 9.69 Å². The molecule has 0 atom stereocenters. The zero-order chi connectivity index (χ0) is 22.8. The van der Waals surface area contributed by atoms with Crippen molar-refractivity contribution in [2.24, 2.45) is 0 Å². The number of aryl methyl sites for hydroxylation is 4. The van der Waals surface area contributed by atoms with E-state index in [4.69, 9.17) is 4.98 Å². The van der Waals surface area contributed by atoms with Gasteiger partial charge in [0.15, 0.2) is 5.13 Å². The lowest BCUT2D eigenvalue weighted by Crippen LogP contribution is -2.24. The molecule has 0 aliphatic carbocycles. The molecule has 9 heteroatoms. The van der Waals surface area contributed by atoms with Crippen LogP contribution in [0.5, 0.6) is 0 Å². The smallest absolute Gasteiger partial charge is 0.230 e. The molecular formula is C23H24N6OS2. The van der Waals surface area contributed by atoms with Gasteiger partial charge in [0.05, 0.1) is 17.1 Å². The SMILES string of the molecule is CC(=O)N(c1nc(CSc2nnnn2-c2ccccc2C)cs1)c1c(C)cc(C)cc1C. The van der Waals surface area contributed by atoms with Crippen LogP contribution >= 0.6 is 23.1 Å². The number of hydrogen-bond donors (Lipinski definition) is 0. The molecule has 0 N–H and O–H groups in total. The van der Waals surface area contributed by atoms with Crippen LogP contribution in [0.15, 0.2) is 46.9 Å². The molecule has 0 unspecified atom stereocenters. The van der Waals surface area contributed by atoms with Gasteiger partial charge in [-0.2, -0.15) is 4.68 Å². The lowest BCUT2D eigenvalue weighted by molar-refractivity contribution is -0.115. The van der Waals surface area contributed by atoms with E-state index in [9.17, 15) is 4.79 Å². The molecule has 0 saturated carbocycles. The zero-order valence-corrected chi connectivity index (χ0v) is 20.3. The van der Waals surface area contributed by atoms with E-state index >= 15 is 0 Å². The lowest BCUT2D eigenvalue weighted by Gasteiger charge is -2.23. The zero-order valence-electron chi connectivity index (χ0n) is 18.7. The highest BCUT2D eigenvalue weighted by molar-refractivity contribution is 7.98. The van der Waals surface area contributed by atoms with E-state index in [1.54, 1.807) is 16.5 Å². The van der Waals surface area contributed by atoms with Crippen LogP contribution in [0, 0.1) is 27.7 Å². The number of carbonyl (C=O) groups is 1. The number of tetrazole rings is 1. The van der Waals surface area contributed by atoms with Gasteiger partial charge in [0.25, 0.3) is 0 Å². The van der Waals surface area contributed by atoms with Crippen molar-refractivity contribution in [2.75, 3.05) is 4.90 Å². The van der Waals surface area contributed by atoms with Crippen molar-refractivity contribution in [1.82, 2.24) is 25.2 Å². The Hall–Kier alpha value is -3.04. The predicted octanol–water partition coefficient (Wildman–Crippen LogP) is 5.33. The van der Waals surface area contributed by atoms with Crippen LogP contribution in [-0.4, -0.2) is 31.1 Å². The Morgan fingerprint density at radius 1 is 1.09 bits per heavy atom. The summed E-state index contributed by atoms with van der Waals surface area (Å²) in [5.41, 5.74) is 7.12. The molecule has 2 heterocycles. The van der Waals surface area contributed by atoms with Gasteiger partial charge < -0.3 is 0 Å². The van der Waals surface area contributed by atoms with Gasteiger partial charge in [0.1, 0.15) is 0 Å². The predicted molar refractivity (Wildman–Crippen MR) is 129 cm³/mol. The first-order chi connectivity index (χ1) is 15.3. The Labute approximate surface area is 195 Å². The molecule has 4 rings (SSSR count). The Morgan fingerprint density at radius 3 is 2.50 bits per heavy atom. The Balaban J connectivity index is 1.57. The highest BCUT2D eigenvalue weighted by atomic mass is 32.2. The second kappa shape index (κ2) is 9.22. The molecule has 0 saturated heterocycles. The van der Waals surface area contributed by atoms with Gasteiger partial charge in [-0.15, -0.1) is 16.4 Å². The Bertz CT molecular complexity index is 1260. The van der Waals surface area contributed by atoms with Gasteiger partial charge in [0, 0.05) is 18.1 Å². The number of thiazole rings is 1. The fourth-order valence-electron chi connectivity index (χ4n) is 3.74. The molecule has 164 valence electrons. The second-order valence-electron chi connectivity index (χ2n) is 7.67. The molecule has 0 radical (unpaired) electrons. The molecule has 1 amide bonds. The van der Waals surface area contributed by atoms with Crippen LogP contribution in [0.3, 0.4) is 0 Å². The van der Waals surface area contributed by atoms with Gasteiger partial charge in [-0.1, -0.05) is 47.7 Å².